The Labute approximate surface area is 83.3 Å². The lowest BCUT2D eigenvalue weighted by molar-refractivity contribution is -0.400. The maximum absolute atomic E-state index is 2.26. The molecule has 0 spiro atoms. The van der Waals surface area contributed by atoms with Crippen molar-refractivity contribution in [2.24, 2.45) is 0 Å². The van der Waals surface area contributed by atoms with Gasteiger partial charge in [-0.05, 0) is 11.5 Å². The molecule has 0 bridgehead atoms. The van der Waals surface area contributed by atoms with Gasteiger partial charge < -0.3 is 0 Å². The summed E-state index contributed by atoms with van der Waals surface area (Å²) in [6, 6.07) is 13.0. The molecule has 0 amide bonds. The second-order valence-corrected chi connectivity index (χ2v) is 3.83. The lowest BCUT2D eigenvalue weighted by atomic mass is 10.0. The molecule has 0 atom stereocenters. The third kappa shape index (κ3) is 0.771. The molecular formula is C13H12N+. The first-order chi connectivity index (χ1) is 6.79. The van der Waals surface area contributed by atoms with Crippen LogP contribution in [0.5, 0.6) is 0 Å². The number of hydrogen-bond acceptors (Lipinski definition) is 0. The summed E-state index contributed by atoms with van der Waals surface area (Å²) in [7, 11) is 2.13. The predicted molar refractivity (Wildman–Crippen MR) is 59.6 cm³/mol. The largest absolute Gasteiger partial charge is 0.213 e. The highest BCUT2D eigenvalue weighted by molar-refractivity contribution is 6.14. The van der Waals surface area contributed by atoms with E-state index in [0.717, 1.165) is 0 Å². The van der Waals surface area contributed by atoms with Crippen molar-refractivity contribution in [1.82, 2.24) is 0 Å². The fraction of sp³-hybridized carbons (Fsp3) is 0.154. The molecule has 0 radical (unpaired) electrons. The van der Waals surface area contributed by atoms with Crippen LogP contribution in [0.1, 0.15) is 12.5 Å². The maximum atomic E-state index is 2.26. The Morgan fingerprint density at radius 3 is 2.50 bits per heavy atom. The van der Waals surface area contributed by atoms with Gasteiger partial charge in [0.1, 0.15) is 7.05 Å². The van der Waals surface area contributed by atoms with Gasteiger partial charge in [0.15, 0.2) is 5.71 Å². The fourth-order valence-corrected chi connectivity index (χ4v) is 2.26. The van der Waals surface area contributed by atoms with E-state index in [9.17, 15) is 0 Å². The van der Waals surface area contributed by atoms with Gasteiger partial charge in [-0.1, -0.05) is 24.3 Å². The molecule has 0 saturated heterocycles. The van der Waals surface area contributed by atoms with E-state index in [4.69, 9.17) is 0 Å². The molecule has 3 rings (SSSR count). The van der Waals surface area contributed by atoms with Crippen LogP contribution in [0, 0.1) is 0 Å². The summed E-state index contributed by atoms with van der Waals surface area (Å²) in [5, 5.41) is 2.73. The first-order valence-corrected chi connectivity index (χ1v) is 4.88. The van der Waals surface area contributed by atoms with Gasteiger partial charge in [-0.15, -0.1) is 0 Å². The van der Waals surface area contributed by atoms with E-state index in [2.05, 4.69) is 54.9 Å². The van der Waals surface area contributed by atoms with Gasteiger partial charge in [0, 0.05) is 13.0 Å². The molecular weight excluding hydrogens is 170 g/mol. The monoisotopic (exact) mass is 182 g/mol. The first-order valence-electron chi connectivity index (χ1n) is 4.88. The van der Waals surface area contributed by atoms with Gasteiger partial charge in [0.05, 0.1) is 10.9 Å². The first kappa shape index (κ1) is 7.74. The number of nitrogens with zero attached hydrogens (tertiary/aromatic N) is 1. The van der Waals surface area contributed by atoms with E-state index in [1.807, 2.05) is 0 Å². The highest BCUT2D eigenvalue weighted by Crippen LogP contribution is 2.33. The smallest absolute Gasteiger partial charge is 0.198 e. The minimum absolute atomic E-state index is 1.33. The molecule has 0 fully saturated rings. The Bertz CT molecular complexity index is 518. The van der Waals surface area contributed by atoms with Gasteiger partial charge in [-0.2, -0.15) is 4.58 Å². The van der Waals surface area contributed by atoms with Crippen molar-refractivity contribution >= 4 is 22.2 Å². The summed E-state index contributed by atoms with van der Waals surface area (Å²) < 4.78 is 2.26. The van der Waals surface area contributed by atoms with Crippen LogP contribution < -0.4 is 0 Å². The fourth-order valence-electron chi connectivity index (χ4n) is 2.26. The summed E-state index contributed by atoms with van der Waals surface area (Å²) in [6.45, 7) is 2.18. The van der Waals surface area contributed by atoms with Crippen LogP contribution in [0.3, 0.4) is 0 Å². The zero-order valence-electron chi connectivity index (χ0n) is 8.41. The summed E-state index contributed by atoms with van der Waals surface area (Å²) in [5.74, 6) is 0. The third-order valence-electron chi connectivity index (χ3n) is 3.14. The molecule has 0 unspecified atom stereocenters. The zero-order valence-corrected chi connectivity index (χ0v) is 8.41. The number of rotatable bonds is 0. The SMILES string of the molecule is CC1=[N+](C)c2cccc3cccc1c23. The lowest BCUT2D eigenvalue weighted by Crippen LogP contribution is -2.03. The van der Waals surface area contributed by atoms with Crippen molar-refractivity contribution in [2.75, 3.05) is 7.05 Å². The lowest BCUT2D eigenvalue weighted by Gasteiger charge is -1.96. The van der Waals surface area contributed by atoms with Gasteiger partial charge in [-0.3, -0.25) is 0 Å². The van der Waals surface area contributed by atoms with Gasteiger partial charge >= 0.3 is 0 Å². The van der Waals surface area contributed by atoms with Gasteiger partial charge in [-0.25, -0.2) is 0 Å². The van der Waals surface area contributed by atoms with Crippen molar-refractivity contribution < 1.29 is 4.58 Å². The van der Waals surface area contributed by atoms with E-state index in [-0.39, 0.29) is 0 Å². The van der Waals surface area contributed by atoms with Crippen molar-refractivity contribution in [3.8, 4) is 0 Å². The van der Waals surface area contributed by atoms with Crippen LogP contribution in [0.25, 0.3) is 10.8 Å². The maximum Gasteiger partial charge on any atom is 0.213 e. The van der Waals surface area contributed by atoms with E-state index >= 15 is 0 Å². The van der Waals surface area contributed by atoms with Crippen molar-refractivity contribution in [3.05, 3.63) is 42.0 Å². The molecule has 0 N–H and O–H groups in total. The van der Waals surface area contributed by atoms with Crippen LogP contribution in [-0.2, 0) is 0 Å². The Balaban J connectivity index is 2.59. The zero-order chi connectivity index (χ0) is 9.71. The van der Waals surface area contributed by atoms with Gasteiger partial charge in [0.25, 0.3) is 0 Å². The molecule has 1 nitrogen and oxygen atoms in total. The quantitative estimate of drug-likeness (QED) is 0.551. The Morgan fingerprint density at radius 1 is 1.00 bits per heavy atom. The van der Waals surface area contributed by atoms with Crippen LogP contribution in [-0.4, -0.2) is 17.3 Å². The van der Waals surface area contributed by atoms with Crippen LogP contribution >= 0.6 is 0 Å². The molecule has 0 aromatic heterocycles. The predicted octanol–water partition coefficient (Wildman–Crippen LogP) is 2.94. The highest BCUT2D eigenvalue weighted by Gasteiger charge is 2.25. The Kier molecular flexibility index (Phi) is 1.35. The second-order valence-electron chi connectivity index (χ2n) is 3.83. The molecule has 0 saturated carbocycles. The minimum Gasteiger partial charge on any atom is -0.198 e. The van der Waals surface area contributed by atoms with Crippen molar-refractivity contribution in [3.63, 3.8) is 0 Å². The molecule has 0 aliphatic carbocycles. The second kappa shape index (κ2) is 2.44. The van der Waals surface area contributed by atoms with Crippen molar-refractivity contribution in [2.45, 2.75) is 6.92 Å². The van der Waals surface area contributed by atoms with Crippen LogP contribution in [0.2, 0.25) is 0 Å². The molecule has 68 valence electrons. The standard InChI is InChI=1S/C13H12N/c1-9-11-7-3-5-10-6-4-8-12(13(10)11)14(9)2/h3-8H,1-2H3/q+1. The highest BCUT2D eigenvalue weighted by atomic mass is 15.0. The molecule has 2 aromatic rings. The topological polar surface area (TPSA) is 3.01 Å². The molecule has 1 aliphatic rings. The van der Waals surface area contributed by atoms with E-state index in [1.165, 1.54) is 27.7 Å². The minimum atomic E-state index is 1.33. The normalized spacial score (nSPS) is 14.1. The summed E-state index contributed by atoms with van der Waals surface area (Å²) in [6.07, 6.45) is 0. The Hall–Kier alpha value is -1.63. The molecule has 1 heterocycles. The third-order valence-corrected chi connectivity index (χ3v) is 3.14. The van der Waals surface area contributed by atoms with Gasteiger partial charge in [0.2, 0.25) is 5.69 Å². The number of benzene rings is 2. The van der Waals surface area contributed by atoms with E-state index in [0.29, 0.717) is 0 Å². The van der Waals surface area contributed by atoms with Crippen molar-refractivity contribution in [1.29, 1.82) is 0 Å². The van der Waals surface area contributed by atoms with E-state index < -0.39 is 0 Å². The molecule has 2 aromatic carbocycles. The molecule has 14 heavy (non-hydrogen) atoms. The average Bonchev–Trinajstić information content (AvgIpc) is 2.47. The summed E-state index contributed by atoms with van der Waals surface area (Å²) in [5.41, 5.74) is 4.05. The van der Waals surface area contributed by atoms with Crippen LogP contribution in [0.15, 0.2) is 36.4 Å². The number of hydrogen-bond donors (Lipinski definition) is 0. The average molecular weight is 182 g/mol. The Morgan fingerprint density at radius 2 is 1.71 bits per heavy atom. The summed E-state index contributed by atoms with van der Waals surface area (Å²) in [4.78, 5) is 0. The molecule has 1 aliphatic heterocycles. The summed E-state index contributed by atoms with van der Waals surface area (Å²) >= 11 is 0. The molecule has 1 heteroatoms. The van der Waals surface area contributed by atoms with E-state index in [1.54, 1.807) is 0 Å². The van der Waals surface area contributed by atoms with Crippen LogP contribution in [0.4, 0.5) is 5.69 Å².